The van der Waals surface area contributed by atoms with E-state index >= 15 is 0 Å². The van der Waals surface area contributed by atoms with Gasteiger partial charge in [0.25, 0.3) is 0 Å². The van der Waals surface area contributed by atoms with Gasteiger partial charge in [0.2, 0.25) is 0 Å². The van der Waals surface area contributed by atoms with Crippen molar-refractivity contribution in [3.8, 4) is 5.75 Å². The maximum Gasteiger partial charge on any atom is 0.123 e. The van der Waals surface area contributed by atoms with E-state index in [2.05, 4.69) is 50.9 Å². The summed E-state index contributed by atoms with van der Waals surface area (Å²) in [5.74, 6) is 0.436. The van der Waals surface area contributed by atoms with Crippen LogP contribution in [0.3, 0.4) is 0 Å². The van der Waals surface area contributed by atoms with Gasteiger partial charge in [-0.05, 0) is 42.5 Å². The number of aromatic hydroxyl groups is 1. The minimum atomic E-state index is 0.126. The van der Waals surface area contributed by atoms with Crippen molar-refractivity contribution in [3.05, 3.63) is 35.4 Å². The minimum absolute atomic E-state index is 0.126. The number of hydrogen-bond acceptors (Lipinski definition) is 2. The lowest BCUT2D eigenvalue weighted by atomic mass is 9.79. The number of nitrogens with zero attached hydrogens (tertiary/aromatic N) is 1. The number of hydrogen-bond donors (Lipinski definition) is 1. The SMILES string of the molecule is CCCCCCC(C)(C)c1ccc(C2=CCCN(C)C2)c(O)c1. The molecule has 0 spiro atoms. The molecule has 2 nitrogen and oxygen atoms in total. The quantitative estimate of drug-likeness (QED) is 0.685. The Hall–Kier alpha value is -1.28. The first-order chi connectivity index (χ1) is 10.9. The number of phenolic OH excluding ortho intramolecular Hbond substituents is 1. The molecule has 1 aromatic rings. The van der Waals surface area contributed by atoms with Crippen molar-refractivity contribution in [1.29, 1.82) is 0 Å². The highest BCUT2D eigenvalue weighted by atomic mass is 16.3. The molecule has 2 rings (SSSR count). The molecule has 0 radical (unpaired) electrons. The molecule has 1 heterocycles. The second kappa shape index (κ2) is 8.01. The van der Waals surface area contributed by atoms with Crippen molar-refractivity contribution >= 4 is 5.57 Å². The van der Waals surface area contributed by atoms with Gasteiger partial charge in [-0.15, -0.1) is 0 Å². The van der Waals surface area contributed by atoms with E-state index in [1.807, 2.05) is 6.07 Å². The summed E-state index contributed by atoms with van der Waals surface area (Å²) in [6.07, 6.45) is 9.68. The van der Waals surface area contributed by atoms with Crippen LogP contribution in [0.5, 0.6) is 5.75 Å². The van der Waals surface area contributed by atoms with E-state index in [1.54, 1.807) is 0 Å². The predicted molar refractivity (Wildman–Crippen MR) is 100.0 cm³/mol. The fourth-order valence-corrected chi connectivity index (χ4v) is 3.45. The van der Waals surface area contributed by atoms with Gasteiger partial charge in [0.05, 0.1) is 0 Å². The lowest BCUT2D eigenvalue weighted by Gasteiger charge is -2.27. The van der Waals surface area contributed by atoms with Gasteiger partial charge in [0, 0.05) is 18.7 Å². The summed E-state index contributed by atoms with van der Waals surface area (Å²) >= 11 is 0. The largest absolute Gasteiger partial charge is 0.507 e. The number of likely N-dealkylation sites (N-methyl/N-ethyl adjacent to an activating group) is 1. The molecule has 0 aliphatic carbocycles. The van der Waals surface area contributed by atoms with Crippen LogP contribution in [0.15, 0.2) is 24.3 Å². The first-order valence-electron chi connectivity index (χ1n) is 9.15. The van der Waals surface area contributed by atoms with E-state index in [0.29, 0.717) is 5.75 Å². The molecule has 0 fully saturated rings. The van der Waals surface area contributed by atoms with Crippen LogP contribution in [-0.4, -0.2) is 30.1 Å². The smallest absolute Gasteiger partial charge is 0.123 e. The molecule has 0 bridgehead atoms. The molecule has 23 heavy (non-hydrogen) atoms. The van der Waals surface area contributed by atoms with Crippen molar-refractivity contribution in [3.63, 3.8) is 0 Å². The average Bonchev–Trinajstić information content (AvgIpc) is 2.51. The summed E-state index contributed by atoms with van der Waals surface area (Å²) in [5, 5.41) is 10.5. The monoisotopic (exact) mass is 315 g/mol. The number of benzene rings is 1. The van der Waals surface area contributed by atoms with Gasteiger partial charge in [-0.25, -0.2) is 0 Å². The Morgan fingerprint density at radius 1 is 1.17 bits per heavy atom. The zero-order chi connectivity index (χ0) is 16.9. The minimum Gasteiger partial charge on any atom is -0.507 e. The Morgan fingerprint density at radius 2 is 1.96 bits per heavy atom. The topological polar surface area (TPSA) is 23.5 Å². The molecule has 1 N–H and O–H groups in total. The molecule has 2 heteroatoms. The third-order valence-electron chi connectivity index (χ3n) is 5.12. The highest BCUT2D eigenvalue weighted by molar-refractivity contribution is 5.72. The van der Waals surface area contributed by atoms with Gasteiger partial charge in [0.15, 0.2) is 0 Å². The summed E-state index contributed by atoms with van der Waals surface area (Å²) in [6, 6.07) is 6.32. The molecule has 1 aliphatic heterocycles. The fourth-order valence-electron chi connectivity index (χ4n) is 3.45. The van der Waals surface area contributed by atoms with Crippen molar-refractivity contribution in [2.75, 3.05) is 20.1 Å². The number of rotatable bonds is 7. The zero-order valence-electron chi connectivity index (χ0n) is 15.4. The molecule has 0 saturated carbocycles. The second-order valence-electron chi connectivity index (χ2n) is 7.68. The lowest BCUT2D eigenvalue weighted by molar-refractivity contribution is 0.371. The van der Waals surface area contributed by atoms with Gasteiger partial charge in [0.1, 0.15) is 5.75 Å². The molecule has 1 aliphatic rings. The number of phenols is 1. The van der Waals surface area contributed by atoms with Crippen molar-refractivity contribution in [2.24, 2.45) is 0 Å². The van der Waals surface area contributed by atoms with Gasteiger partial charge >= 0.3 is 0 Å². The third-order valence-corrected chi connectivity index (χ3v) is 5.12. The van der Waals surface area contributed by atoms with E-state index in [-0.39, 0.29) is 5.41 Å². The summed E-state index contributed by atoms with van der Waals surface area (Å²) in [6.45, 7) is 8.86. The maximum atomic E-state index is 10.5. The molecule has 0 atom stereocenters. The Labute approximate surface area is 142 Å². The molecular weight excluding hydrogens is 282 g/mol. The van der Waals surface area contributed by atoms with Gasteiger partial charge in [-0.2, -0.15) is 0 Å². The molecule has 1 aromatic carbocycles. The fraction of sp³-hybridized carbons (Fsp3) is 0.619. The van der Waals surface area contributed by atoms with Crippen LogP contribution < -0.4 is 0 Å². The second-order valence-corrected chi connectivity index (χ2v) is 7.68. The van der Waals surface area contributed by atoms with E-state index in [9.17, 15) is 5.11 Å². The normalized spacial score (nSPS) is 16.4. The molecule has 0 amide bonds. The summed E-state index contributed by atoms with van der Waals surface area (Å²) < 4.78 is 0. The molecule has 128 valence electrons. The van der Waals surface area contributed by atoms with Gasteiger partial charge < -0.3 is 10.0 Å². The highest BCUT2D eigenvalue weighted by Crippen LogP contribution is 2.35. The summed E-state index contributed by atoms with van der Waals surface area (Å²) in [7, 11) is 2.14. The highest BCUT2D eigenvalue weighted by Gasteiger charge is 2.22. The van der Waals surface area contributed by atoms with Crippen LogP contribution in [0.25, 0.3) is 5.57 Å². The summed E-state index contributed by atoms with van der Waals surface area (Å²) in [4.78, 5) is 2.31. The molecule has 0 unspecified atom stereocenters. The zero-order valence-corrected chi connectivity index (χ0v) is 15.4. The van der Waals surface area contributed by atoms with Crippen LogP contribution in [0.2, 0.25) is 0 Å². The van der Waals surface area contributed by atoms with Crippen LogP contribution in [-0.2, 0) is 5.41 Å². The third kappa shape index (κ3) is 4.84. The predicted octanol–water partition coefficient (Wildman–Crippen LogP) is 5.36. The van der Waals surface area contributed by atoms with Crippen LogP contribution in [0, 0.1) is 0 Å². The molecule has 0 saturated heterocycles. The number of unbranched alkanes of at least 4 members (excludes halogenated alkanes) is 3. The summed E-state index contributed by atoms with van der Waals surface area (Å²) in [5.41, 5.74) is 3.63. The first kappa shape index (κ1) is 18.1. The standard InChI is InChI=1S/C21H33NO/c1-5-6-7-8-13-21(2,3)18-11-12-19(20(23)15-18)17-10-9-14-22(4)16-17/h10-12,15,23H,5-9,13-14,16H2,1-4H3. The van der Waals surface area contributed by atoms with Crippen LogP contribution >= 0.6 is 0 Å². The van der Waals surface area contributed by atoms with Crippen LogP contribution in [0.1, 0.15) is 70.4 Å². The lowest BCUT2D eigenvalue weighted by Crippen LogP contribution is -2.25. The van der Waals surface area contributed by atoms with Crippen LogP contribution in [0.4, 0.5) is 0 Å². The molecule has 0 aromatic heterocycles. The van der Waals surface area contributed by atoms with Crippen molar-refractivity contribution in [1.82, 2.24) is 4.90 Å². The Kier molecular flexibility index (Phi) is 6.29. The van der Waals surface area contributed by atoms with Crippen molar-refractivity contribution in [2.45, 2.75) is 64.7 Å². The van der Waals surface area contributed by atoms with Gasteiger partial charge in [-0.1, -0.05) is 64.7 Å². The van der Waals surface area contributed by atoms with Gasteiger partial charge in [-0.3, -0.25) is 0 Å². The van der Waals surface area contributed by atoms with E-state index in [0.717, 1.165) is 25.1 Å². The molecular formula is C21H33NO. The van der Waals surface area contributed by atoms with E-state index in [4.69, 9.17) is 0 Å². The Bertz CT molecular complexity index is 545. The first-order valence-corrected chi connectivity index (χ1v) is 9.15. The van der Waals surface area contributed by atoms with E-state index < -0.39 is 0 Å². The van der Waals surface area contributed by atoms with E-state index in [1.165, 1.54) is 43.2 Å². The van der Waals surface area contributed by atoms with Crippen molar-refractivity contribution < 1.29 is 5.11 Å². The maximum absolute atomic E-state index is 10.5. The Morgan fingerprint density at radius 3 is 2.61 bits per heavy atom. The Balaban J connectivity index is 2.10. The average molecular weight is 316 g/mol.